The molecule has 2 N–H and O–H groups in total. The van der Waals surface area contributed by atoms with Crippen LogP contribution in [0.4, 0.5) is 4.79 Å². The van der Waals surface area contributed by atoms with Gasteiger partial charge in [0.05, 0.1) is 6.04 Å². The number of rotatable bonds is 6. The molecule has 7 heteroatoms. The minimum atomic E-state index is -1.01. The van der Waals surface area contributed by atoms with E-state index in [0.29, 0.717) is 12.3 Å². The van der Waals surface area contributed by atoms with Crippen molar-refractivity contribution in [2.45, 2.75) is 51.1 Å². The number of urea groups is 1. The Morgan fingerprint density at radius 2 is 2.00 bits per heavy atom. The maximum absolute atomic E-state index is 13.3. The molecule has 1 spiro atoms. The molecule has 30 heavy (non-hydrogen) atoms. The third-order valence-corrected chi connectivity index (χ3v) is 6.86. The number of nitrogens with zero attached hydrogens (tertiary/aromatic N) is 1. The number of thiophene rings is 1. The third-order valence-electron chi connectivity index (χ3n) is 5.88. The summed E-state index contributed by atoms with van der Waals surface area (Å²) in [6, 6.07) is 11.1. The Balaban J connectivity index is 1.50. The lowest BCUT2D eigenvalue weighted by Crippen LogP contribution is -2.47. The summed E-state index contributed by atoms with van der Waals surface area (Å²) in [7, 11) is 0. The van der Waals surface area contributed by atoms with Crippen molar-refractivity contribution < 1.29 is 14.4 Å². The number of nitrogens with one attached hydrogen (secondary N) is 2. The normalized spacial score (nSPS) is 21.6. The van der Waals surface area contributed by atoms with Crippen molar-refractivity contribution in [1.82, 2.24) is 15.5 Å². The molecule has 6 nitrogen and oxygen atoms in total. The van der Waals surface area contributed by atoms with Gasteiger partial charge in [-0.2, -0.15) is 0 Å². The summed E-state index contributed by atoms with van der Waals surface area (Å²) in [5.74, 6) is -0.261. The third kappa shape index (κ3) is 3.74. The number of imide groups is 1. The van der Waals surface area contributed by atoms with Gasteiger partial charge >= 0.3 is 6.03 Å². The number of fused-ring (bicyclic) bond motifs is 2. The summed E-state index contributed by atoms with van der Waals surface area (Å²) in [5, 5.41) is 7.89. The lowest BCUT2D eigenvalue weighted by atomic mass is 9.80. The highest BCUT2D eigenvalue weighted by Gasteiger charge is 2.54. The minimum absolute atomic E-state index is 0.161. The Morgan fingerprint density at radius 1 is 1.23 bits per heavy atom. The number of hydrogen-bond donors (Lipinski definition) is 2. The molecule has 2 atom stereocenters. The molecule has 1 aliphatic carbocycles. The van der Waals surface area contributed by atoms with Crippen molar-refractivity contribution in [2.24, 2.45) is 5.92 Å². The van der Waals surface area contributed by atoms with E-state index in [9.17, 15) is 14.4 Å². The van der Waals surface area contributed by atoms with Crippen LogP contribution in [0.5, 0.6) is 0 Å². The number of amides is 4. The Morgan fingerprint density at radius 3 is 2.73 bits per heavy atom. The van der Waals surface area contributed by atoms with Gasteiger partial charge in [0.25, 0.3) is 5.91 Å². The monoisotopic (exact) mass is 425 g/mol. The summed E-state index contributed by atoms with van der Waals surface area (Å²) in [5.41, 5.74) is 0.896. The maximum atomic E-state index is 13.3. The second-order valence-electron chi connectivity index (χ2n) is 8.50. The smallest absolute Gasteiger partial charge is 0.325 e. The van der Waals surface area contributed by atoms with Crippen molar-refractivity contribution in [3.05, 3.63) is 57.8 Å². The highest BCUT2D eigenvalue weighted by Crippen LogP contribution is 2.42. The molecule has 0 saturated carbocycles. The van der Waals surface area contributed by atoms with Gasteiger partial charge in [0, 0.05) is 10.4 Å². The molecule has 1 aromatic heterocycles. The molecule has 0 unspecified atom stereocenters. The zero-order valence-corrected chi connectivity index (χ0v) is 18.1. The molecule has 1 fully saturated rings. The van der Waals surface area contributed by atoms with Gasteiger partial charge in [-0.05, 0) is 48.6 Å². The number of benzene rings is 1. The van der Waals surface area contributed by atoms with E-state index in [2.05, 4.69) is 24.5 Å². The lowest BCUT2D eigenvalue weighted by molar-refractivity contribution is -0.135. The summed E-state index contributed by atoms with van der Waals surface area (Å²) in [4.78, 5) is 41.0. The summed E-state index contributed by atoms with van der Waals surface area (Å²) < 4.78 is 0. The fourth-order valence-corrected chi connectivity index (χ4v) is 5.50. The fraction of sp³-hybridized carbons (Fsp3) is 0.435. The molecule has 4 rings (SSSR count). The van der Waals surface area contributed by atoms with Gasteiger partial charge in [-0.3, -0.25) is 14.5 Å². The van der Waals surface area contributed by atoms with Crippen LogP contribution in [-0.4, -0.2) is 29.3 Å². The van der Waals surface area contributed by atoms with Crippen LogP contribution in [0.1, 0.15) is 55.2 Å². The molecular formula is C23H27N3O3S. The van der Waals surface area contributed by atoms with E-state index >= 15 is 0 Å². The van der Waals surface area contributed by atoms with Gasteiger partial charge in [-0.25, -0.2) is 4.79 Å². The predicted molar refractivity (Wildman–Crippen MR) is 116 cm³/mol. The molecule has 0 bridgehead atoms. The van der Waals surface area contributed by atoms with E-state index in [4.69, 9.17) is 0 Å². The zero-order valence-electron chi connectivity index (χ0n) is 17.3. The Bertz CT molecular complexity index is 956. The number of carbonyl (C=O) groups excluding carboxylic acids is 3. The van der Waals surface area contributed by atoms with E-state index in [1.165, 1.54) is 0 Å². The van der Waals surface area contributed by atoms with Gasteiger partial charge in [0.1, 0.15) is 12.1 Å². The van der Waals surface area contributed by atoms with E-state index < -0.39 is 11.6 Å². The Labute approximate surface area is 180 Å². The molecule has 1 aliphatic heterocycles. The second kappa shape index (κ2) is 8.22. The van der Waals surface area contributed by atoms with Crippen molar-refractivity contribution in [2.75, 3.05) is 6.54 Å². The first kappa shape index (κ1) is 20.6. The van der Waals surface area contributed by atoms with Crippen LogP contribution in [0, 0.1) is 5.92 Å². The predicted octanol–water partition coefficient (Wildman–Crippen LogP) is 3.74. The summed E-state index contributed by atoms with van der Waals surface area (Å²) >= 11 is 1.61. The molecule has 1 saturated heterocycles. The van der Waals surface area contributed by atoms with E-state index in [1.807, 2.05) is 41.8 Å². The fourth-order valence-electron chi connectivity index (χ4n) is 4.50. The average molecular weight is 426 g/mol. The molecule has 1 aromatic carbocycles. The number of carbonyl (C=O) groups is 3. The topological polar surface area (TPSA) is 78.5 Å². The van der Waals surface area contributed by atoms with Gasteiger partial charge in [-0.15, -0.1) is 11.3 Å². The van der Waals surface area contributed by atoms with E-state index in [-0.39, 0.29) is 24.4 Å². The molecule has 158 valence electrons. The highest BCUT2D eigenvalue weighted by atomic mass is 32.1. The standard InChI is InChI=1S/C23H27N3O3S/c1-15(2)13-18(16-7-4-3-5-8-16)24-20(27)14-26-21(28)23(25-22(26)29)11-6-9-19-17(23)10-12-30-19/h3-5,7-8,10,12,15,18H,6,9,11,13-14H2,1-2H3,(H,24,27)(H,25,29)/t18-,23-/m1/s1. The van der Waals surface area contributed by atoms with Crippen LogP contribution in [-0.2, 0) is 21.5 Å². The van der Waals surface area contributed by atoms with E-state index in [1.54, 1.807) is 11.3 Å². The van der Waals surface area contributed by atoms with Crippen LogP contribution in [0.15, 0.2) is 41.8 Å². The van der Waals surface area contributed by atoms with Gasteiger partial charge in [0.2, 0.25) is 5.91 Å². The van der Waals surface area contributed by atoms with Crippen molar-refractivity contribution in [3.63, 3.8) is 0 Å². The Kier molecular flexibility index (Phi) is 5.64. The number of aryl methyl sites for hydroxylation is 1. The first-order chi connectivity index (χ1) is 14.4. The molecule has 0 radical (unpaired) electrons. The van der Waals surface area contributed by atoms with E-state index in [0.717, 1.165) is 40.2 Å². The largest absolute Gasteiger partial charge is 0.348 e. The average Bonchev–Trinajstić information content (AvgIpc) is 3.29. The SMILES string of the molecule is CC(C)C[C@@H](NC(=O)CN1C(=O)N[C@@]2(CCCc3sccc32)C1=O)c1ccccc1. The molecule has 2 heterocycles. The van der Waals surface area contributed by atoms with Crippen molar-refractivity contribution >= 4 is 29.2 Å². The van der Waals surface area contributed by atoms with Crippen LogP contribution in [0.2, 0.25) is 0 Å². The minimum Gasteiger partial charge on any atom is -0.348 e. The van der Waals surface area contributed by atoms with Crippen molar-refractivity contribution in [1.29, 1.82) is 0 Å². The molecule has 4 amide bonds. The van der Waals surface area contributed by atoms with Crippen LogP contribution < -0.4 is 10.6 Å². The zero-order chi connectivity index (χ0) is 21.3. The van der Waals surface area contributed by atoms with Crippen molar-refractivity contribution in [3.8, 4) is 0 Å². The first-order valence-corrected chi connectivity index (χ1v) is 11.3. The molecule has 2 aliphatic rings. The first-order valence-electron chi connectivity index (χ1n) is 10.5. The Hall–Kier alpha value is -2.67. The lowest BCUT2D eigenvalue weighted by Gasteiger charge is -2.31. The van der Waals surface area contributed by atoms with Gasteiger partial charge in [0.15, 0.2) is 0 Å². The van der Waals surface area contributed by atoms with Crippen LogP contribution in [0.3, 0.4) is 0 Å². The summed E-state index contributed by atoms with van der Waals surface area (Å²) in [6.45, 7) is 3.93. The molecule has 2 aromatic rings. The van der Waals surface area contributed by atoms with Crippen LogP contribution >= 0.6 is 11.3 Å². The van der Waals surface area contributed by atoms with Gasteiger partial charge in [-0.1, -0.05) is 44.2 Å². The summed E-state index contributed by atoms with van der Waals surface area (Å²) in [6.07, 6.45) is 3.11. The quantitative estimate of drug-likeness (QED) is 0.692. The van der Waals surface area contributed by atoms with Gasteiger partial charge < -0.3 is 10.6 Å². The van der Waals surface area contributed by atoms with Crippen LogP contribution in [0.25, 0.3) is 0 Å². The second-order valence-corrected chi connectivity index (χ2v) is 9.50. The molecular weight excluding hydrogens is 398 g/mol. The number of hydrogen-bond acceptors (Lipinski definition) is 4. The maximum Gasteiger partial charge on any atom is 0.325 e. The highest BCUT2D eigenvalue weighted by molar-refractivity contribution is 7.10.